The summed E-state index contributed by atoms with van der Waals surface area (Å²) in [6.07, 6.45) is 8.69. The van der Waals surface area contributed by atoms with Crippen molar-refractivity contribution in [1.29, 1.82) is 0 Å². The highest BCUT2D eigenvalue weighted by molar-refractivity contribution is 6.36. The molecule has 1 unspecified atom stereocenters. The minimum absolute atomic E-state index is 0.276. The highest BCUT2D eigenvalue weighted by atomic mass is 35.5. The van der Waals surface area contributed by atoms with Gasteiger partial charge in [-0.25, -0.2) is 0 Å². The van der Waals surface area contributed by atoms with Gasteiger partial charge in [-0.2, -0.15) is 0 Å². The summed E-state index contributed by atoms with van der Waals surface area (Å²) in [5, 5.41) is 5.14. The first-order valence-electron chi connectivity index (χ1n) is 7.88. The van der Waals surface area contributed by atoms with Crippen LogP contribution >= 0.6 is 23.2 Å². The molecule has 0 radical (unpaired) electrons. The van der Waals surface area contributed by atoms with Crippen LogP contribution in [0.4, 0.5) is 0 Å². The van der Waals surface area contributed by atoms with Crippen molar-refractivity contribution in [3.63, 3.8) is 0 Å². The molecule has 0 bridgehead atoms. The van der Waals surface area contributed by atoms with Gasteiger partial charge in [0, 0.05) is 21.7 Å². The summed E-state index contributed by atoms with van der Waals surface area (Å²) >= 11 is 12.7. The van der Waals surface area contributed by atoms with E-state index in [0.717, 1.165) is 35.0 Å². The summed E-state index contributed by atoms with van der Waals surface area (Å²) in [6, 6.07) is 6.05. The lowest BCUT2D eigenvalue weighted by Crippen LogP contribution is -2.22. The Kier molecular flexibility index (Phi) is 9.33. The van der Waals surface area contributed by atoms with Crippen LogP contribution in [0, 0.1) is 0 Å². The zero-order valence-electron chi connectivity index (χ0n) is 12.7. The van der Waals surface area contributed by atoms with E-state index in [1.165, 1.54) is 32.1 Å². The molecular weight excluding hydrogens is 289 g/mol. The molecule has 20 heavy (non-hydrogen) atoms. The Morgan fingerprint density at radius 3 is 2.20 bits per heavy atom. The van der Waals surface area contributed by atoms with E-state index >= 15 is 0 Å². The number of benzene rings is 1. The molecule has 1 aromatic carbocycles. The highest BCUT2D eigenvalue weighted by Gasteiger charge is 2.16. The van der Waals surface area contributed by atoms with Crippen LogP contribution < -0.4 is 5.32 Å². The van der Waals surface area contributed by atoms with Gasteiger partial charge >= 0.3 is 0 Å². The second-order valence-corrected chi connectivity index (χ2v) is 6.16. The van der Waals surface area contributed by atoms with E-state index in [4.69, 9.17) is 23.2 Å². The van der Waals surface area contributed by atoms with Crippen molar-refractivity contribution in [2.45, 2.75) is 64.8 Å². The van der Waals surface area contributed by atoms with Crippen molar-refractivity contribution in [2.24, 2.45) is 0 Å². The Bertz CT molecular complexity index is 359. The van der Waals surface area contributed by atoms with Crippen molar-refractivity contribution < 1.29 is 0 Å². The number of rotatable bonds is 10. The van der Waals surface area contributed by atoms with E-state index in [0.29, 0.717) is 0 Å². The number of nitrogens with one attached hydrogen (secondary N) is 1. The van der Waals surface area contributed by atoms with Gasteiger partial charge in [-0.3, -0.25) is 0 Å². The zero-order chi connectivity index (χ0) is 14.8. The van der Waals surface area contributed by atoms with Gasteiger partial charge in [0.1, 0.15) is 0 Å². The molecule has 114 valence electrons. The molecule has 0 aliphatic heterocycles. The van der Waals surface area contributed by atoms with Crippen LogP contribution in [0.1, 0.15) is 70.4 Å². The van der Waals surface area contributed by atoms with Crippen LogP contribution in [0.2, 0.25) is 10.0 Å². The molecule has 0 spiro atoms. The van der Waals surface area contributed by atoms with Crippen molar-refractivity contribution in [3.05, 3.63) is 33.8 Å². The van der Waals surface area contributed by atoms with Crippen LogP contribution in [0.15, 0.2) is 18.2 Å². The van der Waals surface area contributed by atoms with E-state index in [9.17, 15) is 0 Å². The normalized spacial score (nSPS) is 12.6. The largest absolute Gasteiger partial charge is 0.310 e. The van der Waals surface area contributed by atoms with Gasteiger partial charge in [-0.05, 0) is 31.5 Å². The first-order chi connectivity index (χ1) is 9.70. The average molecular weight is 316 g/mol. The van der Waals surface area contributed by atoms with Gasteiger partial charge in [0.05, 0.1) is 0 Å². The molecule has 1 N–H and O–H groups in total. The van der Waals surface area contributed by atoms with Crippen molar-refractivity contribution in [1.82, 2.24) is 5.32 Å². The minimum atomic E-state index is 0.276. The topological polar surface area (TPSA) is 12.0 Å². The lowest BCUT2D eigenvalue weighted by molar-refractivity contribution is 0.468. The molecule has 1 rings (SSSR count). The molecule has 0 aromatic heterocycles. The SMILES string of the molecule is CCCCCCCC(NCCC)c1c(Cl)cccc1Cl. The van der Waals surface area contributed by atoms with E-state index < -0.39 is 0 Å². The Labute approximate surface area is 134 Å². The van der Waals surface area contributed by atoms with E-state index in [-0.39, 0.29) is 6.04 Å². The third-order valence-electron chi connectivity index (χ3n) is 3.59. The lowest BCUT2D eigenvalue weighted by atomic mass is 9.99. The third kappa shape index (κ3) is 6.03. The van der Waals surface area contributed by atoms with Gasteiger partial charge < -0.3 is 5.32 Å². The first-order valence-corrected chi connectivity index (χ1v) is 8.63. The quantitative estimate of drug-likeness (QED) is 0.493. The molecule has 0 saturated carbocycles. The molecule has 1 nitrogen and oxygen atoms in total. The van der Waals surface area contributed by atoms with Gasteiger partial charge in [0.25, 0.3) is 0 Å². The summed E-state index contributed by atoms with van der Waals surface area (Å²) in [4.78, 5) is 0. The zero-order valence-corrected chi connectivity index (χ0v) is 14.2. The van der Waals surface area contributed by atoms with Crippen LogP contribution in [-0.2, 0) is 0 Å². The van der Waals surface area contributed by atoms with Gasteiger partial charge in [0.15, 0.2) is 0 Å². The minimum Gasteiger partial charge on any atom is -0.310 e. The Balaban J connectivity index is 2.63. The smallest absolute Gasteiger partial charge is 0.0468 e. The second kappa shape index (κ2) is 10.5. The van der Waals surface area contributed by atoms with Crippen molar-refractivity contribution in [3.8, 4) is 0 Å². The summed E-state index contributed by atoms with van der Waals surface area (Å²) in [6.45, 7) is 5.43. The van der Waals surface area contributed by atoms with Crippen LogP contribution in [0.5, 0.6) is 0 Å². The molecular formula is C17H27Cl2N. The predicted octanol–water partition coefficient (Wildman–Crippen LogP) is 6.39. The van der Waals surface area contributed by atoms with Crippen LogP contribution in [-0.4, -0.2) is 6.54 Å². The molecule has 1 aromatic rings. The number of halogens is 2. The number of unbranched alkanes of at least 4 members (excludes halogenated alkanes) is 4. The van der Waals surface area contributed by atoms with Gasteiger partial charge in [0.2, 0.25) is 0 Å². The monoisotopic (exact) mass is 315 g/mol. The van der Waals surface area contributed by atoms with Gasteiger partial charge in [-0.15, -0.1) is 0 Å². The van der Waals surface area contributed by atoms with Crippen molar-refractivity contribution >= 4 is 23.2 Å². The molecule has 1 atom stereocenters. The summed E-state index contributed by atoms with van der Waals surface area (Å²) < 4.78 is 0. The van der Waals surface area contributed by atoms with E-state index in [2.05, 4.69) is 19.2 Å². The summed E-state index contributed by atoms with van der Waals surface area (Å²) in [5.74, 6) is 0. The molecule has 0 aliphatic carbocycles. The van der Waals surface area contributed by atoms with Crippen LogP contribution in [0.3, 0.4) is 0 Å². The lowest BCUT2D eigenvalue weighted by Gasteiger charge is -2.21. The molecule has 0 aliphatic rings. The molecule has 0 heterocycles. The fourth-order valence-electron chi connectivity index (χ4n) is 2.46. The predicted molar refractivity (Wildman–Crippen MR) is 90.9 cm³/mol. The maximum absolute atomic E-state index is 6.34. The summed E-state index contributed by atoms with van der Waals surface area (Å²) in [7, 11) is 0. The maximum Gasteiger partial charge on any atom is 0.0468 e. The second-order valence-electron chi connectivity index (χ2n) is 5.34. The fourth-order valence-corrected chi connectivity index (χ4v) is 3.12. The average Bonchev–Trinajstić information content (AvgIpc) is 2.43. The Hall–Kier alpha value is -0.240. The van der Waals surface area contributed by atoms with Crippen LogP contribution in [0.25, 0.3) is 0 Å². The molecule has 3 heteroatoms. The maximum atomic E-state index is 6.34. The number of hydrogen-bond acceptors (Lipinski definition) is 1. The van der Waals surface area contributed by atoms with E-state index in [1.807, 2.05) is 18.2 Å². The fraction of sp³-hybridized carbons (Fsp3) is 0.647. The standard InChI is InChI=1S/C17H27Cl2N/c1-3-5-6-7-8-12-16(20-13-4-2)17-14(18)10-9-11-15(17)19/h9-11,16,20H,3-8,12-13H2,1-2H3. The first kappa shape index (κ1) is 17.8. The highest BCUT2D eigenvalue weighted by Crippen LogP contribution is 2.33. The third-order valence-corrected chi connectivity index (χ3v) is 4.24. The van der Waals surface area contributed by atoms with E-state index in [1.54, 1.807) is 0 Å². The molecule has 0 fully saturated rings. The molecule has 0 saturated heterocycles. The van der Waals surface area contributed by atoms with Crippen molar-refractivity contribution in [2.75, 3.05) is 6.54 Å². The molecule has 0 amide bonds. The number of hydrogen-bond donors (Lipinski definition) is 1. The Morgan fingerprint density at radius 1 is 0.950 bits per heavy atom. The summed E-state index contributed by atoms with van der Waals surface area (Å²) in [5.41, 5.74) is 1.07. The van der Waals surface area contributed by atoms with Gasteiger partial charge in [-0.1, -0.05) is 75.2 Å². The Morgan fingerprint density at radius 2 is 1.60 bits per heavy atom.